The van der Waals surface area contributed by atoms with Crippen molar-refractivity contribution < 1.29 is 4.74 Å². The Morgan fingerprint density at radius 3 is 2.59 bits per heavy atom. The molecule has 1 aromatic heterocycles. The van der Waals surface area contributed by atoms with Gasteiger partial charge in [-0.25, -0.2) is 4.98 Å². The predicted molar refractivity (Wildman–Crippen MR) is 109 cm³/mol. The van der Waals surface area contributed by atoms with E-state index in [0.29, 0.717) is 0 Å². The molecule has 1 saturated heterocycles. The Morgan fingerprint density at radius 1 is 1.07 bits per heavy atom. The lowest BCUT2D eigenvalue weighted by Crippen LogP contribution is -2.35. The zero-order chi connectivity index (χ0) is 18.6. The number of nitrogens with zero attached hydrogens (tertiary/aromatic N) is 3. The number of nitrogen functional groups attached to an aromatic ring is 1. The van der Waals surface area contributed by atoms with Crippen LogP contribution in [0.2, 0.25) is 0 Å². The SMILES string of the molecule is CN1CCC(Oc2ccccc2-c2nccn2Cc2ccc(N)cc2)CC1. The number of likely N-dealkylation sites (tertiary alicyclic amines) is 1. The molecule has 0 spiro atoms. The van der Waals surface area contributed by atoms with E-state index in [1.807, 2.05) is 36.7 Å². The maximum absolute atomic E-state index is 6.38. The van der Waals surface area contributed by atoms with Crippen LogP contribution in [-0.2, 0) is 6.54 Å². The summed E-state index contributed by atoms with van der Waals surface area (Å²) < 4.78 is 8.54. The Hall–Kier alpha value is -2.79. The molecule has 0 atom stereocenters. The first-order chi connectivity index (χ1) is 13.2. The smallest absolute Gasteiger partial charge is 0.143 e. The fourth-order valence-corrected chi connectivity index (χ4v) is 3.54. The summed E-state index contributed by atoms with van der Waals surface area (Å²) in [6.07, 6.45) is 6.25. The zero-order valence-corrected chi connectivity index (χ0v) is 15.7. The zero-order valence-electron chi connectivity index (χ0n) is 15.7. The summed E-state index contributed by atoms with van der Waals surface area (Å²) in [5.41, 5.74) is 8.81. The normalized spacial score (nSPS) is 15.7. The van der Waals surface area contributed by atoms with E-state index in [4.69, 9.17) is 10.5 Å². The molecule has 2 N–H and O–H groups in total. The van der Waals surface area contributed by atoms with Crippen molar-refractivity contribution >= 4 is 5.69 Å². The van der Waals surface area contributed by atoms with Crippen LogP contribution in [0.15, 0.2) is 60.9 Å². The van der Waals surface area contributed by atoms with Crippen molar-refractivity contribution in [2.45, 2.75) is 25.5 Å². The molecule has 0 unspecified atom stereocenters. The molecule has 0 bridgehead atoms. The number of piperidine rings is 1. The first kappa shape index (κ1) is 17.6. The summed E-state index contributed by atoms with van der Waals surface area (Å²) in [5.74, 6) is 1.84. The number of anilines is 1. The van der Waals surface area contributed by atoms with Crippen LogP contribution in [0.5, 0.6) is 5.75 Å². The van der Waals surface area contributed by atoms with Crippen molar-refractivity contribution in [3.8, 4) is 17.1 Å². The van der Waals surface area contributed by atoms with Crippen molar-refractivity contribution in [2.75, 3.05) is 25.9 Å². The monoisotopic (exact) mass is 362 g/mol. The Bertz CT molecular complexity index is 879. The van der Waals surface area contributed by atoms with Gasteiger partial charge in [-0.15, -0.1) is 0 Å². The molecule has 1 aliphatic heterocycles. The van der Waals surface area contributed by atoms with E-state index >= 15 is 0 Å². The van der Waals surface area contributed by atoms with Crippen LogP contribution in [0.4, 0.5) is 5.69 Å². The van der Waals surface area contributed by atoms with Crippen LogP contribution in [0.1, 0.15) is 18.4 Å². The molecule has 0 aliphatic carbocycles. The van der Waals surface area contributed by atoms with E-state index in [0.717, 1.165) is 55.3 Å². The Kier molecular flexibility index (Phi) is 5.12. The fourth-order valence-electron chi connectivity index (χ4n) is 3.54. The van der Waals surface area contributed by atoms with Crippen molar-refractivity contribution in [2.24, 2.45) is 0 Å². The van der Waals surface area contributed by atoms with Crippen LogP contribution in [0.25, 0.3) is 11.4 Å². The van der Waals surface area contributed by atoms with Crippen LogP contribution in [0, 0.1) is 0 Å². The van der Waals surface area contributed by atoms with Crippen LogP contribution >= 0.6 is 0 Å². The Balaban J connectivity index is 1.57. The second kappa shape index (κ2) is 7.84. The van der Waals surface area contributed by atoms with Gasteiger partial charge >= 0.3 is 0 Å². The predicted octanol–water partition coefficient (Wildman–Crippen LogP) is 3.65. The molecule has 0 saturated carbocycles. The second-order valence-corrected chi connectivity index (χ2v) is 7.24. The summed E-state index contributed by atoms with van der Waals surface area (Å²) >= 11 is 0. The molecule has 0 amide bonds. The number of rotatable bonds is 5. The van der Waals surface area contributed by atoms with E-state index in [9.17, 15) is 0 Å². The molecule has 5 nitrogen and oxygen atoms in total. The largest absolute Gasteiger partial charge is 0.490 e. The highest BCUT2D eigenvalue weighted by Crippen LogP contribution is 2.31. The number of aromatic nitrogens is 2. The minimum atomic E-state index is 0.267. The van der Waals surface area contributed by atoms with E-state index in [-0.39, 0.29) is 6.10 Å². The highest BCUT2D eigenvalue weighted by molar-refractivity contribution is 5.64. The van der Waals surface area contributed by atoms with Gasteiger partial charge in [0.1, 0.15) is 17.7 Å². The molecule has 27 heavy (non-hydrogen) atoms. The molecule has 4 rings (SSSR count). The molecule has 2 heterocycles. The molecule has 1 aliphatic rings. The topological polar surface area (TPSA) is 56.3 Å². The van der Waals surface area contributed by atoms with Gasteiger partial charge in [0.25, 0.3) is 0 Å². The number of para-hydroxylation sites is 1. The third kappa shape index (κ3) is 4.14. The van der Waals surface area contributed by atoms with Crippen LogP contribution in [-0.4, -0.2) is 40.7 Å². The molecule has 0 radical (unpaired) electrons. The van der Waals surface area contributed by atoms with Crippen molar-refractivity contribution in [1.29, 1.82) is 0 Å². The lowest BCUT2D eigenvalue weighted by molar-refractivity contribution is 0.115. The lowest BCUT2D eigenvalue weighted by Gasteiger charge is -2.29. The van der Waals surface area contributed by atoms with Crippen LogP contribution in [0.3, 0.4) is 0 Å². The minimum absolute atomic E-state index is 0.267. The minimum Gasteiger partial charge on any atom is -0.490 e. The van der Waals surface area contributed by atoms with Crippen molar-refractivity contribution in [1.82, 2.24) is 14.5 Å². The maximum Gasteiger partial charge on any atom is 0.143 e. The van der Waals surface area contributed by atoms with Gasteiger partial charge in [0.05, 0.1) is 5.56 Å². The summed E-state index contributed by atoms with van der Waals surface area (Å²) in [6, 6.07) is 16.2. The van der Waals surface area contributed by atoms with Gasteiger partial charge in [0, 0.05) is 37.7 Å². The highest BCUT2D eigenvalue weighted by atomic mass is 16.5. The third-order valence-electron chi connectivity index (χ3n) is 5.14. The number of imidazole rings is 1. The summed E-state index contributed by atoms with van der Waals surface area (Å²) in [5, 5.41) is 0. The quantitative estimate of drug-likeness (QED) is 0.704. The molecule has 3 aromatic rings. The lowest BCUT2D eigenvalue weighted by atomic mass is 10.1. The molecule has 140 valence electrons. The molecule has 2 aromatic carbocycles. The van der Waals surface area contributed by atoms with E-state index < -0.39 is 0 Å². The standard InChI is InChI=1S/C22H26N4O/c1-25-13-10-19(11-14-25)27-21-5-3-2-4-20(21)22-24-12-15-26(22)16-17-6-8-18(23)9-7-17/h2-9,12,15,19H,10-11,13-14,16,23H2,1H3. The number of benzene rings is 2. The third-order valence-corrected chi connectivity index (χ3v) is 5.14. The highest BCUT2D eigenvalue weighted by Gasteiger charge is 2.20. The van der Waals surface area contributed by atoms with Gasteiger partial charge in [-0.3, -0.25) is 0 Å². The second-order valence-electron chi connectivity index (χ2n) is 7.24. The number of hydrogen-bond donors (Lipinski definition) is 1. The molecule has 1 fully saturated rings. The van der Waals surface area contributed by atoms with Gasteiger partial charge < -0.3 is 19.9 Å². The average molecular weight is 362 g/mol. The number of hydrogen-bond acceptors (Lipinski definition) is 4. The molecular weight excluding hydrogens is 336 g/mol. The van der Waals surface area contributed by atoms with Crippen LogP contribution < -0.4 is 10.5 Å². The van der Waals surface area contributed by atoms with Gasteiger partial charge in [-0.05, 0) is 49.7 Å². The average Bonchev–Trinajstić information content (AvgIpc) is 3.14. The maximum atomic E-state index is 6.38. The summed E-state index contributed by atoms with van der Waals surface area (Å²) in [4.78, 5) is 6.97. The van der Waals surface area contributed by atoms with E-state index in [2.05, 4.69) is 45.8 Å². The van der Waals surface area contributed by atoms with Gasteiger partial charge in [-0.1, -0.05) is 24.3 Å². The van der Waals surface area contributed by atoms with E-state index in [1.165, 1.54) is 5.56 Å². The van der Waals surface area contributed by atoms with Gasteiger partial charge in [0.15, 0.2) is 0 Å². The first-order valence-electron chi connectivity index (χ1n) is 9.49. The first-order valence-corrected chi connectivity index (χ1v) is 9.49. The summed E-state index contributed by atoms with van der Waals surface area (Å²) in [6.45, 7) is 2.91. The van der Waals surface area contributed by atoms with Crippen molar-refractivity contribution in [3.63, 3.8) is 0 Å². The summed E-state index contributed by atoms with van der Waals surface area (Å²) in [7, 11) is 2.16. The molecule has 5 heteroatoms. The van der Waals surface area contributed by atoms with E-state index in [1.54, 1.807) is 0 Å². The Labute approximate surface area is 160 Å². The Morgan fingerprint density at radius 2 is 1.81 bits per heavy atom. The van der Waals surface area contributed by atoms with Gasteiger partial charge in [-0.2, -0.15) is 0 Å². The fraction of sp³-hybridized carbons (Fsp3) is 0.318. The molecular formula is C22H26N4O. The van der Waals surface area contributed by atoms with Gasteiger partial charge in [0.2, 0.25) is 0 Å². The number of ether oxygens (including phenoxy) is 1. The number of nitrogens with two attached hydrogens (primary N) is 1. The van der Waals surface area contributed by atoms with Crippen molar-refractivity contribution in [3.05, 3.63) is 66.5 Å².